The standard InChI is InChI=1S/C37H66N2O4/c1-24(2)13-12-14-27(34(42)39-22-11-9-8-10-21-38)33-29-15-16-32-35(5)19-18-30(41)25(3)28(35)17-20-36(32,6)37(29,7)23-31(33)43-26(4)40/h24-25,27-33,41H,8-23,38H2,1-7H3,(H,39,42)/t25-,27-,28?,29?,30+,31-,32?,33-,35-,36-,37-/m0/s1. The Hall–Kier alpha value is -1.14. The number of ether oxygens (including phenoxy) is 1. The van der Waals surface area contributed by atoms with Crippen molar-refractivity contribution in [2.45, 2.75) is 151 Å². The van der Waals surface area contributed by atoms with Crippen LogP contribution < -0.4 is 11.1 Å². The molecule has 11 atom stereocenters. The van der Waals surface area contributed by atoms with Gasteiger partial charge in [0.1, 0.15) is 6.10 Å². The number of rotatable bonds is 13. The molecule has 0 aromatic carbocycles. The largest absolute Gasteiger partial charge is 0.462 e. The van der Waals surface area contributed by atoms with E-state index in [-0.39, 0.29) is 52.2 Å². The number of unbranched alkanes of at least 4 members (excludes halogenated alkanes) is 3. The van der Waals surface area contributed by atoms with E-state index in [4.69, 9.17) is 10.5 Å². The Labute approximate surface area is 263 Å². The smallest absolute Gasteiger partial charge is 0.302 e. The van der Waals surface area contributed by atoms with Gasteiger partial charge < -0.3 is 20.9 Å². The molecule has 0 spiro atoms. The van der Waals surface area contributed by atoms with Gasteiger partial charge >= 0.3 is 5.97 Å². The number of nitrogens with two attached hydrogens (primary N) is 1. The number of hydrogen-bond donors (Lipinski definition) is 3. The van der Waals surface area contributed by atoms with Crippen LogP contribution in [0.4, 0.5) is 0 Å². The Morgan fingerprint density at radius 2 is 1.65 bits per heavy atom. The van der Waals surface area contributed by atoms with Crippen LogP contribution in [0, 0.1) is 57.7 Å². The van der Waals surface area contributed by atoms with E-state index in [0.717, 1.165) is 90.0 Å². The third-order valence-electron chi connectivity index (χ3n) is 13.9. The first kappa shape index (κ1) is 34.7. The third-order valence-corrected chi connectivity index (χ3v) is 13.9. The number of fused-ring (bicyclic) bond motifs is 5. The molecule has 3 unspecified atom stereocenters. The van der Waals surface area contributed by atoms with Crippen LogP contribution in [-0.4, -0.2) is 42.3 Å². The van der Waals surface area contributed by atoms with E-state index in [0.29, 0.717) is 36.1 Å². The van der Waals surface area contributed by atoms with E-state index in [1.54, 1.807) is 6.92 Å². The fourth-order valence-corrected chi connectivity index (χ4v) is 11.5. The summed E-state index contributed by atoms with van der Waals surface area (Å²) < 4.78 is 6.23. The minimum absolute atomic E-state index is 0.00673. The summed E-state index contributed by atoms with van der Waals surface area (Å²) in [4.78, 5) is 26.6. The predicted octanol–water partition coefficient (Wildman–Crippen LogP) is 7.26. The van der Waals surface area contributed by atoms with E-state index in [2.05, 4.69) is 46.9 Å². The average molecular weight is 603 g/mol. The number of hydrogen-bond acceptors (Lipinski definition) is 5. The molecule has 4 saturated carbocycles. The first-order chi connectivity index (χ1) is 20.3. The van der Waals surface area contributed by atoms with Crippen LogP contribution in [-0.2, 0) is 14.3 Å². The lowest BCUT2D eigenvalue weighted by molar-refractivity contribution is -0.203. The molecule has 4 fully saturated rings. The molecular formula is C37H66N2O4. The minimum atomic E-state index is -0.217. The monoisotopic (exact) mass is 603 g/mol. The number of aliphatic hydroxyl groups is 1. The van der Waals surface area contributed by atoms with Crippen LogP contribution in [0.5, 0.6) is 0 Å². The van der Waals surface area contributed by atoms with E-state index in [9.17, 15) is 14.7 Å². The summed E-state index contributed by atoms with van der Waals surface area (Å²) in [5.74, 6) is 2.37. The predicted molar refractivity (Wildman–Crippen MR) is 174 cm³/mol. The zero-order valence-electron chi connectivity index (χ0n) is 28.8. The van der Waals surface area contributed by atoms with Crippen molar-refractivity contribution in [2.24, 2.45) is 63.4 Å². The summed E-state index contributed by atoms with van der Waals surface area (Å²) in [6.45, 7) is 17.4. The fraction of sp³-hybridized carbons (Fsp3) is 0.946. The molecule has 0 heterocycles. The molecule has 248 valence electrons. The van der Waals surface area contributed by atoms with Crippen molar-refractivity contribution in [3.63, 3.8) is 0 Å². The van der Waals surface area contributed by atoms with Crippen LogP contribution in [0.3, 0.4) is 0 Å². The van der Waals surface area contributed by atoms with Gasteiger partial charge in [-0.1, -0.05) is 67.2 Å². The van der Waals surface area contributed by atoms with E-state index in [1.165, 1.54) is 6.42 Å². The van der Waals surface area contributed by atoms with Gasteiger partial charge in [0.2, 0.25) is 5.91 Å². The van der Waals surface area contributed by atoms with Crippen molar-refractivity contribution in [1.29, 1.82) is 0 Å². The molecule has 4 N–H and O–H groups in total. The minimum Gasteiger partial charge on any atom is -0.462 e. The normalized spacial score (nSPS) is 41.2. The second-order valence-corrected chi connectivity index (χ2v) is 16.5. The molecule has 43 heavy (non-hydrogen) atoms. The highest BCUT2D eigenvalue weighted by molar-refractivity contribution is 5.79. The summed E-state index contributed by atoms with van der Waals surface area (Å²) in [5.41, 5.74) is 6.02. The van der Waals surface area contributed by atoms with Gasteiger partial charge in [-0.3, -0.25) is 9.59 Å². The summed E-state index contributed by atoms with van der Waals surface area (Å²) in [6, 6.07) is 0. The van der Waals surface area contributed by atoms with Crippen LogP contribution in [0.25, 0.3) is 0 Å². The maximum atomic E-state index is 14.1. The summed E-state index contributed by atoms with van der Waals surface area (Å²) in [7, 11) is 0. The molecule has 0 saturated heterocycles. The van der Waals surface area contributed by atoms with Crippen LogP contribution in [0.2, 0.25) is 0 Å². The van der Waals surface area contributed by atoms with Gasteiger partial charge in [-0.2, -0.15) is 0 Å². The maximum Gasteiger partial charge on any atom is 0.302 e. The van der Waals surface area contributed by atoms with E-state index in [1.807, 2.05) is 0 Å². The van der Waals surface area contributed by atoms with Crippen LogP contribution >= 0.6 is 0 Å². The summed E-state index contributed by atoms with van der Waals surface area (Å²) in [6.07, 6.45) is 14.3. The molecule has 0 aromatic heterocycles. The second-order valence-electron chi connectivity index (χ2n) is 16.5. The molecule has 0 radical (unpaired) electrons. The zero-order chi connectivity index (χ0) is 31.6. The maximum absolute atomic E-state index is 14.1. The molecule has 1 amide bonds. The van der Waals surface area contributed by atoms with Gasteiger partial charge in [0.05, 0.1) is 6.10 Å². The van der Waals surface area contributed by atoms with Crippen molar-refractivity contribution in [3.8, 4) is 0 Å². The zero-order valence-corrected chi connectivity index (χ0v) is 28.8. The van der Waals surface area contributed by atoms with Crippen molar-refractivity contribution in [3.05, 3.63) is 0 Å². The molecule has 0 bridgehead atoms. The van der Waals surface area contributed by atoms with Gasteiger partial charge in [-0.05, 0) is 117 Å². The number of nitrogens with one attached hydrogen (secondary N) is 1. The quantitative estimate of drug-likeness (QED) is 0.152. The lowest BCUT2D eigenvalue weighted by Gasteiger charge is -2.68. The Kier molecular flexibility index (Phi) is 11.4. The van der Waals surface area contributed by atoms with Crippen molar-refractivity contribution in [2.75, 3.05) is 13.1 Å². The molecule has 6 nitrogen and oxygen atoms in total. The topological polar surface area (TPSA) is 102 Å². The van der Waals surface area contributed by atoms with Crippen LogP contribution in [0.15, 0.2) is 0 Å². The number of carbonyl (C=O) groups is 2. The molecular weight excluding hydrogens is 536 g/mol. The molecule has 0 aliphatic heterocycles. The first-order valence-electron chi connectivity index (χ1n) is 18.1. The van der Waals surface area contributed by atoms with Crippen LogP contribution in [0.1, 0.15) is 138 Å². The third kappa shape index (κ3) is 6.71. The Bertz CT molecular complexity index is 955. The van der Waals surface area contributed by atoms with Crippen molar-refractivity contribution < 1.29 is 19.4 Å². The molecule has 4 rings (SSSR count). The Balaban J connectivity index is 1.62. The molecule has 6 heteroatoms. The lowest BCUT2D eigenvalue weighted by Crippen LogP contribution is -2.62. The summed E-state index contributed by atoms with van der Waals surface area (Å²) >= 11 is 0. The highest BCUT2D eigenvalue weighted by atomic mass is 16.5. The van der Waals surface area contributed by atoms with E-state index >= 15 is 0 Å². The number of esters is 1. The second kappa shape index (κ2) is 14.1. The van der Waals surface area contributed by atoms with Gasteiger partial charge in [-0.15, -0.1) is 0 Å². The average Bonchev–Trinajstić information content (AvgIpc) is 3.22. The van der Waals surface area contributed by atoms with E-state index < -0.39 is 0 Å². The number of amides is 1. The number of aliphatic hydroxyl groups excluding tert-OH is 1. The highest BCUT2D eigenvalue weighted by Crippen LogP contribution is 2.74. The Morgan fingerprint density at radius 3 is 2.33 bits per heavy atom. The molecule has 4 aliphatic carbocycles. The molecule has 0 aromatic rings. The molecule has 4 aliphatic rings. The number of carbonyl (C=O) groups excluding carboxylic acids is 2. The fourth-order valence-electron chi connectivity index (χ4n) is 11.5. The van der Waals surface area contributed by atoms with Gasteiger partial charge in [0.15, 0.2) is 0 Å². The van der Waals surface area contributed by atoms with Gasteiger partial charge in [0.25, 0.3) is 0 Å². The summed E-state index contributed by atoms with van der Waals surface area (Å²) in [5, 5.41) is 14.1. The Morgan fingerprint density at radius 1 is 0.930 bits per heavy atom. The van der Waals surface area contributed by atoms with Crippen molar-refractivity contribution >= 4 is 11.9 Å². The lowest BCUT2D eigenvalue weighted by atomic mass is 9.37. The highest BCUT2D eigenvalue weighted by Gasteiger charge is 2.70. The first-order valence-corrected chi connectivity index (χ1v) is 18.1. The van der Waals surface area contributed by atoms with Gasteiger partial charge in [-0.25, -0.2) is 0 Å². The SMILES string of the molecule is CC(=O)O[C@H]1C[C@@]2(C)C(CCC3[C@@]4(C)CC[C@@H](O)[C@@H](C)C4CC[C@@]32C)[C@@H]1[C@H](CCCC(C)C)C(=O)NCCCCCCN. The van der Waals surface area contributed by atoms with Crippen molar-refractivity contribution in [1.82, 2.24) is 5.32 Å². The van der Waals surface area contributed by atoms with Gasteiger partial charge in [0, 0.05) is 25.3 Å².